The van der Waals surface area contributed by atoms with Gasteiger partial charge in [-0.15, -0.1) is 0 Å². The SMILES string of the molecule is Cc1ccc(C=CC(=O)NC(=S)Nc2ccc(N=Nc3ccccc3)cc2)cc1. The van der Waals surface area contributed by atoms with Gasteiger partial charge in [0.25, 0.3) is 0 Å². The van der Waals surface area contributed by atoms with E-state index in [1.807, 2.05) is 85.8 Å². The zero-order valence-corrected chi connectivity index (χ0v) is 16.7. The molecular formula is C23H20N4OS. The molecule has 5 nitrogen and oxygen atoms in total. The Labute approximate surface area is 175 Å². The van der Waals surface area contributed by atoms with Crippen molar-refractivity contribution in [2.24, 2.45) is 10.2 Å². The van der Waals surface area contributed by atoms with Crippen LogP contribution in [0.5, 0.6) is 0 Å². The predicted molar refractivity (Wildman–Crippen MR) is 122 cm³/mol. The quantitative estimate of drug-likeness (QED) is 0.317. The molecule has 0 heterocycles. The fourth-order valence-corrected chi connectivity index (χ4v) is 2.61. The molecular weight excluding hydrogens is 380 g/mol. The number of azo groups is 1. The molecule has 6 heteroatoms. The summed E-state index contributed by atoms with van der Waals surface area (Å²) in [6.45, 7) is 2.02. The molecule has 0 fully saturated rings. The third-order valence-electron chi connectivity index (χ3n) is 3.90. The number of hydrogen-bond donors (Lipinski definition) is 2. The molecule has 2 N–H and O–H groups in total. The van der Waals surface area contributed by atoms with Crippen LogP contribution in [0.25, 0.3) is 6.08 Å². The lowest BCUT2D eigenvalue weighted by molar-refractivity contribution is -0.115. The van der Waals surface area contributed by atoms with Gasteiger partial charge in [0.1, 0.15) is 0 Å². The number of hydrogen-bond acceptors (Lipinski definition) is 4. The Morgan fingerprint density at radius 1 is 0.862 bits per heavy atom. The number of thiocarbonyl (C=S) groups is 1. The van der Waals surface area contributed by atoms with Crippen LogP contribution in [0.4, 0.5) is 17.1 Å². The van der Waals surface area contributed by atoms with E-state index in [2.05, 4.69) is 20.9 Å². The normalized spacial score (nSPS) is 10.9. The first-order valence-corrected chi connectivity index (χ1v) is 9.43. The maximum atomic E-state index is 12.0. The topological polar surface area (TPSA) is 65.8 Å². The number of rotatable bonds is 5. The molecule has 0 aliphatic carbocycles. The van der Waals surface area contributed by atoms with Crippen molar-refractivity contribution in [3.8, 4) is 0 Å². The Kier molecular flexibility index (Phi) is 6.97. The number of amides is 1. The first-order valence-electron chi connectivity index (χ1n) is 9.02. The fraction of sp³-hybridized carbons (Fsp3) is 0.0435. The van der Waals surface area contributed by atoms with Crippen molar-refractivity contribution < 1.29 is 4.79 Å². The van der Waals surface area contributed by atoms with E-state index < -0.39 is 0 Å². The highest BCUT2D eigenvalue weighted by molar-refractivity contribution is 7.80. The van der Waals surface area contributed by atoms with Crippen LogP contribution in [0.2, 0.25) is 0 Å². The summed E-state index contributed by atoms with van der Waals surface area (Å²) < 4.78 is 0. The minimum Gasteiger partial charge on any atom is -0.332 e. The standard InChI is InChI=1S/C23H20N4OS/c1-17-7-9-18(10-8-17)11-16-22(28)25-23(29)24-19-12-14-21(15-13-19)27-26-20-5-3-2-4-6-20/h2-16H,1H3,(H2,24,25,28,29). The first kappa shape index (κ1) is 20.1. The number of anilines is 1. The van der Waals surface area contributed by atoms with Crippen molar-refractivity contribution in [1.82, 2.24) is 5.32 Å². The zero-order valence-electron chi connectivity index (χ0n) is 15.9. The molecule has 3 aromatic carbocycles. The second kappa shape index (κ2) is 10.1. The van der Waals surface area contributed by atoms with Crippen LogP contribution in [0.1, 0.15) is 11.1 Å². The summed E-state index contributed by atoms with van der Waals surface area (Å²) in [5.74, 6) is -0.295. The van der Waals surface area contributed by atoms with E-state index in [4.69, 9.17) is 12.2 Å². The van der Waals surface area contributed by atoms with Gasteiger partial charge in [-0.2, -0.15) is 10.2 Å². The van der Waals surface area contributed by atoms with Gasteiger partial charge in [-0.3, -0.25) is 10.1 Å². The molecule has 0 aromatic heterocycles. The van der Waals surface area contributed by atoms with Gasteiger partial charge in [0.05, 0.1) is 11.4 Å². The van der Waals surface area contributed by atoms with E-state index in [1.54, 1.807) is 6.08 Å². The van der Waals surface area contributed by atoms with Gasteiger partial charge in [0.15, 0.2) is 5.11 Å². The van der Waals surface area contributed by atoms with Gasteiger partial charge in [-0.25, -0.2) is 0 Å². The zero-order chi connectivity index (χ0) is 20.5. The van der Waals surface area contributed by atoms with E-state index in [1.165, 1.54) is 11.6 Å². The van der Waals surface area contributed by atoms with E-state index in [-0.39, 0.29) is 11.0 Å². The third kappa shape index (κ3) is 6.79. The summed E-state index contributed by atoms with van der Waals surface area (Å²) in [4.78, 5) is 12.0. The summed E-state index contributed by atoms with van der Waals surface area (Å²) in [5.41, 5.74) is 4.37. The molecule has 3 aromatic rings. The van der Waals surface area contributed by atoms with Crippen LogP contribution < -0.4 is 10.6 Å². The molecule has 0 saturated heterocycles. The summed E-state index contributed by atoms with van der Waals surface area (Å²) >= 11 is 5.19. The fourth-order valence-electron chi connectivity index (χ4n) is 2.39. The molecule has 0 bridgehead atoms. The number of carbonyl (C=O) groups is 1. The van der Waals surface area contributed by atoms with Crippen molar-refractivity contribution in [2.45, 2.75) is 6.92 Å². The van der Waals surface area contributed by atoms with Crippen molar-refractivity contribution >= 4 is 46.4 Å². The molecule has 29 heavy (non-hydrogen) atoms. The van der Waals surface area contributed by atoms with Gasteiger partial charge >= 0.3 is 0 Å². The molecule has 0 radical (unpaired) electrons. The summed E-state index contributed by atoms with van der Waals surface area (Å²) in [6, 6.07) is 24.7. The highest BCUT2D eigenvalue weighted by Crippen LogP contribution is 2.20. The van der Waals surface area contributed by atoms with Crippen LogP contribution in [0, 0.1) is 6.92 Å². The second-order valence-electron chi connectivity index (χ2n) is 6.27. The van der Waals surface area contributed by atoms with Gasteiger partial charge < -0.3 is 5.32 Å². The van der Waals surface area contributed by atoms with Gasteiger partial charge in [0.2, 0.25) is 5.91 Å². The Morgan fingerprint density at radius 2 is 1.48 bits per heavy atom. The average molecular weight is 401 g/mol. The van der Waals surface area contributed by atoms with E-state index in [9.17, 15) is 4.79 Å². The van der Waals surface area contributed by atoms with Crippen molar-refractivity contribution in [3.63, 3.8) is 0 Å². The highest BCUT2D eigenvalue weighted by atomic mass is 32.1. The first-order chi connectivity index (χ1) is 14.1. The Morgan fingerprint density at radius 3 is 2.14 bits per heavy atom. The van der Waals surface area contributed by atoms with E-state index in [0.29, 0.717) is 0 Å². The van der Waals surface area contributed by atoms with Crippen molar-refractivity contribution in [1.29, 1.82) is 0 Å². The largest absolute Gasteiger partial charge is 0.332 e. The lowest BCUT2D eigenvalue weighted by atomic mass is 10.1. The maximum absolute atomic E-state index is 12.0. The minimum absolute atomic E-state index is 0.224. The highest BCUT2D eigenvalue weighted by Gasteiger charge is 2.02. The minimum atomic E-state index is -0.295. The van der Waals surface area contributed by atoms with Crippen LogP contribution in [-0.4, -0.2) is 11.0 Å². The number of carbonyl (C=O) groups excluding carboxylic acids is 1. The smallest absolute Gasteiger partial charge is 0.250 e. The predicted octanol–water partition coefficient (Wildman–Crippen LogP) is 5.94. The van der Waals surface area contributed by atoms with Gasteiger partial charge in [-0.05, 0) is 67.2 Å². The Balaban J connectivity index is 1.50. The molecule has 0 aliphatic rings. The second-order valence-corrected chi connectivity index (χ2v) is 6.68. The van der Waals surface area contributed by atoms with E-state index >= 15 is 0 Å². The third-order valence-corrected chi connectivity index (χ3v) is 4.11. The number of nitrogens with one attached hydrogen (secondary N) is 2. The van der Waals surface area contributed by atoms with Crippen LogP contribution in [0.3, 0.4) is 0 Å². The lowest BCUT2D eigenvalue weighted by Crippen LogP contribution is -2.32. The molecule has 0 aliphatic heterocycles. The molecule has 1 amide bonds. The molecule has 0 unspecified atom stereocenters. The van der Waals surface area contributed by atoms with Crippen LogP contribution in [-0.2, 0) is 4.79 Å². The number of benzene rings is 3. The van der Waals surface area contributed by atoms with Crippen molar-refractivity contribution in [2.75, 3.05) is 5.32 Å². The number of aryl methyl sites for hydroxylation is 1. The Hall–Kier alpha value is -3.64. The van der Waals surface area contributed by atoms with Crippen LogP contribution >= 0.6 is 12.2 Å². The molecule has 144 valence electrons. The average Bonchev–Trinajstić information content (AvgIpc) is 2.73. The monoisotopic (exact) mass is 400 g/mol. The van der Waals surface area contributed by atoms with Gasteiger partial charge in [-0.1, -0.05) is 48.0 Å². The summed E-state index contributed by atoms with van der Waals surface area (Å²) in [5, 5.41) is 14.2. The molecule has 0 saturated carbocycles. The number of nitrogens with zero attached hydrogens (tertiary/aromatic N) is 2. The maximum Gasteiger partial charge on any atom is 0.250 e. The Bertz CT molecular complexity index is 1030. The summed E-state index contributed by atoms with van der Waals surface area (Å²) in [7, 11) is 0. The molecule has 0 atom stereocenters. The van der Waals surface area contributed by atoms with E-state index in [0.717, 1.165) is 22.6 Å². The summed E-state index contributed by atoms with van der Waals surface area (Å²) in [6.07, 6.45) is 3.19. The molecule has 3 rings (SSSR count). The van der Waals surface area contributed by atoms with Crippen LogP contribution in [0.15, 0.2) is 95.2 Å². The molecule has 0 spiro atoms. The van der Waals surface area contributed by atoms with Gasteiger partial charge in [0, 0.05) is 11.8 Å². The van der Waals surface area contributed by atoms with Crippen molar-refractivity contribution in [3.05, 3.63) is 96.1 Å². The lowest BCUT2D eigenvalue weighted by Gasteiger charge is -2.08.